The Hall–Kier alpha value is -2.90. The van der Waals surface area contributed by atoms with Gasteiger partial charge in [0.1, 0.15) is 6.26 Å². The molecule has 3 heterocycles. The highest BCUT2D eigenvalue weighted by Gasteiger charge is 2.19. The van der Waals surface area contributed by atoms with Gasteiger partial charge in [-0.25, -0.2) is 4.98 Å². The minimum atomic E-state index is 0.645. The third-order valence-corrected chi connectivity index (χ3v) is 6.41. The highest BCUT2D eigenvalue weighted by atomic mass is 32.2. The van der Waals surface area contributed by atoms with Crippen LogP contribution in [0.15, 0.2) is 76.5 Å². The second-order valence-corrected chi connectivity index (χ2v) is 8.65. The lowest BCUT2D eigenvalue weighted by molar-refractivity contribution is 0.214. The fourth-order valence-electron chi connectivity index (χ4n) is 3.88. The van der Waals surface area contributed by atoms with Crippen molar-refractivity contribution in [1.29, 1.82) is 0 Å². The first-order valence-electron chi connectivity index (χ1n) is 10.7. The van der Waals surface area contributed by atoms with E-state index in [1.54, 1.807) is 18.0 Å². The van der Waals surface area contributed by atoms with E-state index < -0.39 is 0 Å². The number of hydrogen-bond acceptors (Lipinski definition) is 6. The third kappa shape index (κ3) is 4.73. The highest BCUT2D eigenvalue weighted by Crippen LogP contribution is 2.27. The van der Waals surface area contributed by atoms with Crippen molar-refractivity contribution in [3.05, 3.63) is 78.4 Å². The van der Waals surface area contributed by atoms with Gasteiger partial charge >= 0.3 is 0 Å². The van der Waals surface area contributed by atoms with Crippen LogP contribution in [0, 0.1) is 0 Å². The summed E-state index contributed by atoms with van der Waals surface area (Å²) in [6.45, 7) is 3.08. The summed E-state index contributed by atoms with van der Waals surface area (Å²) in [7, 11) is 0. The van der Waals surface area contributed by atoms with E-state index in [0.29, 0.717) is 11.6 Å². The number of oxazole rings is 1. The molecule has 0 atom stereocenters. The average molecular weight is 432 g/mol. The number of thioether (sulfide) groups is 1. The van der Waals surface area contributed by atoms with Gasteiger partial charge in [-0.3, -0.25) is 9.47 Å². The Labute approximate surface area is 186 Å². The van der Waals surface area contributed by atoms with Crippen molar-refractivity contribution >= 4 is 11.8 Å². The van der Waals surface area contributed by atoms with Crippen LogP contribution in [0.2, 0.25) is 0 Å². The molecule has 0 unspecified atom stereocenters. The second kappa shape index (κ2) is 9.49. The summed E-state index contributed by atoms with van der Waals surface area (Å²) in [6, 6.07) is 20.3. The van der Waals surface area contributed by atoms with Crippen molar-refractivity contribution in [1.82, 2.24) is 24.6 Å². The summed E-state index contributed by atoms with van der Waals surface area (Å²) in [6.07, 6.45) is 5.58. The van der Waals surface area contributed by atoms with Crippen LogP contribution in [0.3, 0.4) is 0 Å². The zero-order valence-electron chi connectivity index (χ0n) is 17.4. The molecule has 7 heteroatoms. The first-order chi connectivity index (χ1) is 15.4. The minimum absolute atomic E-state index is 0.645. The van der Waals surface area contributed by atoms with E-state index in [4.69, 9.17) is 4.42 Å². The Bertz CT molecular complexity index is 1100. The van der Waals surface area contributed by atoms with Crippen LogP contribution in [0.5, 0.6) is 0 Å². The maximum absolute atomic E-state index is 5.69. The van der Waals surface area contributed by atoms with Crippen molar-refractivity contribution in [3.8, 4) is 17.1 Å². The molecular weight excluding hydrogens is 406 g/mol. The summed E-state index contributed by atoms with van der Waals surface area (Å²) in [5, 5.41) is 9.96. The molecule has 1 aliphatic heterocycles. The summed E-state index contributed by atoms with van der Waals surface area (Å²) in [5.41, 5.74) is 2.96. The van der Waals surface area contributed by atoms with Gasteiger partial charge < -0.3 is 4.42 Å². The lowest BCUT2D eigenvalue weighted by atomic mass is 10.1. The molecule has 0 bridgehead atoms. The fraction of sp³-hybridized carbons (Fsp3) is 0.292. The van der Waals surface area contributed by atoms with Crippen molar-refractivity contribution in [2.45, 2.75) is 36.7 Å². The minimum Gasteiger partial charge on any atom is -0.444 e. The number of rotatable bonds is 7. The third-order valence-electron chi connectivity index (χ3n) is 5.45. The molecule has 1 fully saturated rings. The van der Waals surface area contributed by atoms with Crippen LogP contribution in [0.25, 0.3) is 17.1 Å². The Morgan fingerprint density at radius 3 is 2.39 bits per heavy atom. The fourth-order valence-corrected chi connectivity index (χ4v) is 4.72. The van der Waals surface area contributed by atoms with E-state index in [0.717, 1.165) is 47.6 Å². The number of piperidine rings is 1. The molecule has 0 N–H and O–H groups in total. The Kier molecular flexibility index (Phi) is 6.13. The largest absolute Gasteiger partial charge is 0.444 e. The molecular formula is C24H25N5OS. The zero-order valence-corrected chi connectivity index (χ0v) is 18.2. The van der Waals surface area contributed by atoms with E-state index in [1.165, 1.54) is 19.3 Å². The van der Waals surface area contributed by atoms with Gasteiger partial charge in [0, 0.05) is 17.0 Å². The van der Waals surface area contributed by atoms with Gasteiger partial charge in [-0.05, 0) is 50.2 Å². The molecule has 1 aliphatic rings. The van der Waals surface area contributed by atoms with Crippen LogP contribution in [0.1, 0.15) is 30.8 Å². The number of hydrogen-bond donors (Lipinski definition) is 0. The average Bonchev–Trinajstić information content (AvgIpc) is 3.47. The molecule has 0 radical (unpaired) electrons. The molecule has 31 heavy (non-hydrogen) atoms. The molecule has 2 aromatic heterocycles. The lowest BCUT2D eigenvalue weighted by Gasteiger charge is -2.26. The Balaban J connectivity index is 1.36. The molecule has 0 spiro atoms. The van der Waals surface area contributed by atoms with Crippen molar-refractivity contribution < 1.29 is 4.42 Å². The zero-order chi connectivity index (χ0) is 20.9. The van der Waals surface area contributed by atoms with E-state index >= 15 is 0 Å². The van der Waals surface area contributed by atoms with Crippen LogP contribution in [-0.4, -0.2) is 37.7 Å². The number of benzene rings is 2. The number of nitrogens with zero attached hydrogens (tertiary/aromatic N) is 5. The van der Waals surface area contributed by atoms with Crippen LogP contribution < -0.4 is 0 Å². The maximum Gasteiger partial charge on any atom is 0.226 e. The van der Waals surface area contributed by atoms with Crippen molar-refractivity contribution in [2.75, 3.05) is 13.1 Å². The van der Waals surface area contributed by atoms with E-state index in [1.807, 2.05) is 36.4 Å². The van der Waals surface area contributed by atoms with Gasteiger partial charge in [-0.1, -0.05) is 54.6 Å². The van der Waals surface area contributed by atoms with E-state index in [-0.39, 0.29) is 0 Å². The smallest absolute Gasteiger partial charge is 0.226 e. The van der Waals surface area contributed by atoms with Crippen molar-refractivity contribution in [3.63, 3.8) is 0 Å². The molecule has 0 amide bonds. The first kappa shape index (κ1) is 20.0. The first-order valence-corrected chi connectivity index (χ1v) is 11.7. The van der Waals surface area contributed by atoms with Gasteiger partial charge in [-0.15, -0.1) is 10.2 Å². The van der Waals surface area contributed by atoms with Gasteiger partial charge in [0.15, 0.2) is 11.0 Å². The predicted octanol–water partition coefficient (Wildman–Crippen LogP) is 5.20. The quantitative estimate of drug-likeness (QED) is 0.375. The summed E-state index contributed by atoms with van der Waals surface area (Å²) >= 11 is 1.63. The van der Waals surface area contributed by atoms with E-state index in [2.05, 4.69) is 48.9 Å². The molecule has 4 aromatic rings. The van der Waals surface area contributed by atoms with Gasteiger partial charge in [-0.2, -0.15) is 0 Å². The standard InChI is InChI=1S/C24H25N5OS/c1-4-10-19(11-5-1)23-25-20(17-30-23)18-31-24-27-26-22(16-28-14-8-3-9-15-28)29(24)21-12-6-2-7-13-21/h1-2,4-7,10-13,17H,3,8-9,14-16,18H2. The van der Waals surface area contributed by atoms with Gasteiger partial charge in [0.2, 0.25) is 5.89 Å². The lowest BCUT2D eigenvalue weighted by Crippen LogP contribution is -2.30. The molecule has 158 valence electrons. The number of likely N-dealkylation sites (tertiary alicyclic amines) is 1. The van der Waals surface area contributed by atoms with Gasteiger partial charge in [0.05, 0.1) is 12.2 Å². The predicted molar refractivity (Wildman–Crippen MR) is 122 cm³/mol. The monoisotopic (exact) mass is 431 g/mol. The number of aromatic nitrogens is 4. The highest BCUT2D eigenvalue weighted by molar-refractivity contribution is 7.98. The molecule has 1 saturated heterocycles. The van der Waals surface area contributed by atoms with Crippen LogP contribution in [0.4, 0.5) is 0 Å². The van der Waals surface area contributed by atoms with E-state index in [9.17, 15) is 0 Å². The maximum atomic E-state index is 5.69. The Morgan fingerprint density at radius 1 is 0.871 bits per heavy atom. The summed E-state index contributed by atoms with van der Waals surface area (Å²) in [5.74, 6) is 2.30. The normalized spacial score (nSPS) is 14.7. The molecule has 0 saturated carbocycles. The second-order valence-electron chi connectivity index (χ2n) is 7.71. The molecule has 6 nitrogen and oxygen atoms in total. The number of para-hydroxylation sites is 1. The molecule has 5 rings (SSSR count). The van der Waals surface area contributed by atoms with Gasteiger partial charge in [0.25, 0.3) is 0 Å². The SMILES string of the molecule is c1ccc(-c2nc(CSc3nnc(CN4CCCCC4)n3-c3ccccc3)co2)cc1. The Morgan fingerprint density at radius 2 is 1.61 bits per heavy atom. The van der Waals surface area contributed by atoms with Crippen LogP contribution >= 0.6 is 11.8 Å². The van der Waals surface area contributed by atoms with Crippen LogP contribution in [-0.2, 0) is 12.3 Å². The summed E-state index contributed by atoms with van der Waals surface area (Å²) in [4.78, 5) is 7.12. The molecule has 0 aliphatic carbocycles. The van der Waals surface area contributed by atoms with Crippen molar-refractivity contribution in [2.24, 2.45) is 0 Å². The summed E-state index contributed by atoms with van der Waals surface area (Å²) < 4.78 is 7.86. The molecule has 2 aromatic carbocycles. The topological polar surface area (TPSA) is 60.0 Å².